The summed E-state index contributed by atoms with van der Waals surface area (Å²) in [7, 11) is 0. The number of aliphatic carboxylic acids is 2. The fourth-order valence-corrected chi connectivity index (χ4v) is 16.3. The topological polar surface area (TPSA) is 296 Å². The van der Waals surface area contributed by atoms with Gasteiger partial charge in [-0.3, -0.25) is 24.0 Å². The molecule has 0 spiro atoms. The first kappa shape index (κ1) is 94.2. The zero-order chi connectivity index (χ0) is 91.6. The number of carboxylic acids is 2. The minimum atomic E-state index is -1.15. The first-order valence-corrected chi connectivity index (χ1v) is 40.1. The number of ether oxygens (including phenoxy) is 11. The van der Waals surface area contributed by atoms with Gasteiger partial charge < -0.3 is 62.3 Å². The van der Waals surface area contributed by atoms with Crippen molar-refractivity contribution in [2.75, 3.05) is 13.4 Å². The van der Waals surface area contributed by atoms with Crippen LogP contribution >= 0.6 is 0 Å². The molecule has 2 N–H and O–H groups in total. The van der Waals surface area contributed by atoms with Crippen molar-refractivity contribution < 1.29 is 110 Å². The van der Waals surface area contributed by atoms with Crippen molar-refractivity contribution in [2.45, 2.75) is 220 Å². The molecule has 8 aromatic rings. The van der Waals surface area contributed by atoms with Crippen LogP contribution in [0.3, 0.4) is 0 Å². The summed E-state index contributed by atoms with van der Waals surface area (Å²) < 4.78 is 74.8. The summed E-state index contributed by atoms with van der Waals surface area (Å²) in [6, 6.07) is 36.7. The fourth-order valence-electron chi connectivity index (χ4n) is 16.3. The summed E-state index contributed by atoms with van der Waals surface area (Å²) in [5.41, 5.74) is 6.37. The minimum Gasteiger partial charge on any atom is -0.486 e. The Morgan fingerprint density at radius 1 is 0.363 bits per heavy atom. The van der Waals surface area contributed by atoms with Crippen LogP contribution in [-0.4, -0.2) is 99.7 Å². The monoisotopic (exact) mass is 1690 g/mol. The maximum absolute atomic E-state index is 14.1. The van der Waals surface area contributed by atoms with E-state index in [0.717, 1.165) is 59.6 Å². The highest BCUT2D eigenvalue weighted by Crippen LogP contribution is 2.51. The van der Waals surface area contributed by atoms with Crippen LogP contribution in [0.4, 0.5) is 4.39 Å². The average molecular weight is 1690 g/mol. The number of hydrogen-bond donors (Lipinski definition) is 2. The highest BCUT2D eigenvalue weighted by atomic mass is 19.1. The normalized spacial score (nSPS) is 15.7. The van der Waals surface area contributed by atoms with E-state index in [1.807, 2.05) is 61.5 Å². The SMILES string of the molecule is C#Cc1cc(C(=O)Oc2ccc(CC(=O)O)c(F)c2)cc2c1OC(C)(C)CC2(C)C.C#Cc1cc(C(=O)Oc2ccc(CC(=O)O)cc2)cc2c1OC(C)(C)CC2(C)C.C#Cc1cc(C(=O)Oc2ccc(CC(=O)OCC)cc2)cc2c1OC(C)(C)CC2(C)C.C#Cc1cc(C(=O)Oc2ccc(CC(=O)OCOC(C)=O)cc2)cc2c1OC(C)(C)CC2(C)C. The number of benzene rings is 8. The molecule has 4 heterocycles. The van der Waals surface area contributed by atoms with Gasteiger partial charge in [0.15, 0.2) is 0 Å². The standard InChI is InChI=1S/C27H28O7.C26H28O5.C24H23FO5.C24H24O5/c1-7-19-13-20(14-22-24(19)34-27(5,6)15-26(22,3)4)25(30)33-21-10-8-18(9-11-21)12-23(29)32-16-31-17(2)28;1-7-18-14-19(15-21-23(18)31-26(5,6)16-25(21,3)4)24(28)30-20-11-9-17(10-12-20)13-22(27)29-8-2;1-6-14-9-16(10-18-21(14)30-24(4,5)13-23(18,2)3)22(28)29-17-8-7-15(11-20(26)27)19(25)12-17;1-6-16-12-17(13-19-21(16)29-24(4,5)14-23(19,2)3)22(27)28-18-9-7-15(8-10-18)11-20(25)26/h1,8-11,13-14H,12,15-16H2,2-6H3;1,9-12,14-15H,8,13,16H2,2-6H3;1,7-10,12H,11,13H2,2-5H3,(H,26,27);1,7-10,12-13H,11,14H2,2-5H3,(H,25,26). The molecule has 0 fully saturated rings. The van der Waals surface area contributed by atoms with Crippen LogP contribution in [0.5, 0.6) is 46.0 Å². The first-order chi connectivity index (χ1) is 57.9. The molecule has 0 amide bonds. The highest BCUT2D eigenvalue weighted by Gasteiger charge is 2.45. The van der Waals surface area contributed by atoms with Gasteiger partial charge in [0.25, 0.3) is 0 Å². The zero-order valence-corrected chi connectivity index (χ0v) is 73.1. The number of halogens is 1. The van der Waals surface area contributed by atoms with E-state index >= 15 is 0 Å². The van der Waals surface area contributed by atoms with Crippen molar-refractivity contribution in [3.05, 3.63) is 234 Å². The maximum Gasteiger partial charge on any atom is 0.343 e. The number of fused-ring (bicyclic) bond motifs is 4. The molecule has 0 aromatic heterocycles. The molecular weight excluding hydrogens is 1580 g/mol. The second-order valence-electron chi connectivity index (χ2n) is 35.7. The van der Waals surface area contributed by atoms with Crippen LogP contribution in [0.2, 0.25) is 0 Å². The van der Waals surface area contributed by atoms with E-state index in [1.54, 1.807) is 116 Å². The van der Waals surface area contributed by atoms with E-state index in [-0.39, 0.29) is 80.6 Å². The maximum atomic E-state index is 14.1. The van der Waals surface area contributed by atoms with Crippen LogP contribution in [0.15, 0.2) is 140 Å². The molecule has 0 atom stereocenters. The van der Waals surface area contributed by atoms with E-state index in [2.05, 4.69) is 83.8 Å². The van der Waals surface area contributed by atoms with E-state index in [1.165, 1.54) is 25.1 Å². The van der Waals surface area contributed by atoms with E-state index in [4.69, 9.17) is 83.3 Å². The second kappa shape index (κ2) is 37.8. The van der Waals surface area contributed by atoms with Gasteiger partial charge in [0.05, 0.1) is 76.8 Å². The quantitative estimate of drug-likeness (QED) is 0.0329. The molecule has 12 rings (SSSR count). The molecule has 4 aliphatic heterocycles. The van der Waals surface area contributed by atoms with E-state index < -0.39 is 72.4 Å². The number of rotatable bonds is 19. The van der Waals surface area contributed by atoms with Gasteiger partial charge in [0.1, 0.15) is 74.2 Å². The summed E-state index contributed by atoms with van der Waals surface area (Å²) in [5.74, 6) is 7.53. The predicted octanol–water partition coefficient (Wildman–Crippen LogP) is 18.0. The van der Waals surface area contributed by atoms with Crippen molar-refractivity contribution in [1.82, 2.24) is 0 Å². The number of esters is 7. The van der Waals surface area contributed by atoms with Crippen molar-refractivity contribution in [1.29, 1.82) is 0 Å². The van der Waals surface area contributed by atoms with Gasteiger partial charge >= 0.3 is 53.7 Å². The van der Waals surface area contributed by atoms with Crippen molar-refractivity contribution in [3.63, 3.8) is 0 Å². The molecule has 0 unspecified atom stereocenters. The predicted molar refractivity (Wildman–Crippen MR) is 462 cm³/mol. The van der Waals surface area contributed by atoms with Crippen molar-refractivity contribution in [3.8, 4) is 95.4 Å². The summed E-state index contributed by atoms with van der Waals surface area (Å²) >= 11 is 0. The van der Waals surface area contributed by atoms with Gasteiger partial charge in [0, 0.05) is 35.2 Å². The molecule has 0 saturated heterocycles. The Morgan fingerprint density at radius 2 is 0.629 bits per heavy atom. The van der Waals surface area contributed by atoms with Gasteiger partial charge in [-0.2, -0.15) is 0 Å². The third-order valence-corrected chi connectivity index (χ3v) is 20.6. The van der Waals surface area contributed by atoms with Crippen LogP contribution in [0.1, 0.15) is 259 Å². The molecule has 124 heavy (non-hydrogen) atoms. The number of carbonyl (C=O) groups is 9. The molecule has 0 saturated carbocycles. The fraction of sp³-hybridized carbons (Fsp3) is 0.356. The third kappa shape index (κ3) is 24.4. The lowest BCUT2D eigenvalue weighted by Gasteiger charge is -2.43. The lowest BCUT2D eigenvalue weighted by Crippen LogP contribution is -2.41. The highest BCUT2D eigenvalue weighted by molar-refractivity contribution is 5.95. The largest absolute Gasteiger partial charge is 0.486 e. The van der Waals surface area contributed by atoms with Crippen LogP contribution < -0.4 is 37.9 Å². The molecular formula is C101H103FO22. The Bertz CT molecular complexity index is 5670. The van der Waals surface area contributed by atoms with Gasteiger partial charge in [-0.25, -0.2) is 23.6 Å². The molecule has 0 bridgehead atoms. The molecule has 22 nitrogen and oxygen atoms in total. The molecule has 0 radical (unpaired) electrons. The molecule has 4 aliphatic rings. The van der Waals surface area contributed by atoms with Crippen LogP contribution in [-0.2, 0) is 85.5 Å². The number of carbonyl (C=O) groups excluding carboxylic acids is 7. The lowest BCUT2D eigenvalue weighted by molar-refractivity contribution is -0.165. The lowest BCUT2D eigenvalue weighted by atomic mass is 9.72. The number of carboxylic acid groups (broad SMARTS) is 2. The zero-order valence-electron chi connectivity index (χ0n) is 73.1. The van der Waals surface area contributed by atoms with Crippen LogP contribution in [0.25, 0.3) is 0 Å². The molecule has 646 valence electrons. The average Bonchev–Trinajstić information content (AvgIpc) is 0.764. The molecule has 8 aromatic carbocycles. The Morgan fingerprint density at radius 3 is 0.887 bits per heavy atom. The number of hydrogen-bond acceptors (Lipinski definition) is 20. The first-order valence-electron chi connectivity index (χ1n) is 40.1. The van der Waals surface area contributed by atoms with Crippen LogP contribution in [0, 0.1) is 55.2 Å². The van der Waals surface area contributed by atoms with Crippen molar-refractivity contribution in [2.24, 2.45) is 0 Å². The third-order valence-electron chi connectivity index (χ3n) is 20.6. The molecule has 23 heteroatoms. The van der Waals surface area contributed by atoms with Gasteiger partial charge in [-0.15, -0.1) is 25.7 Å². The summed E-state index contributed by atoms with van der Waals surface area (Å²) in [4.78, 5) is 107. The van der Waals surface area contributed by atoms with E-state index in [0.29, 0.717) is 96.9 Å². The smallest absolute Gasteiger partial charge is 0.343 e. The van der Waals surface area contributed by atoms with Gasteiger partial charge in [0.2, 0.25) is 6.79 Å². The summed E-state index contributed by atoms with van der Waals surface area (Å²) in [6.45, 7) is 35.8. The Kier molecular flexibility index (Phi) is 28.7. The minimum absolute atomic E-state index is 0.00668. The Balaban J connectivity index is 0.000000188. The molecule has 0 aliphatic carbocycles. The Hall–Kier alpha value is -13.6. The summed E-state index contributed by atoms with van der Waals surface area (Å²) in [6.07, 6.45) is 25.5. The Labute approximate surface area is 723 Å². The van der Waals surface area contributed by atoms with Crippen molar-refractivity contribution >= 4 is 53.7 Å². The number of terminal acetylenes is 4. The van der Waals surface area contributed by atoms with Gasteiger partial charge in [-0.1, -0.05) is 122 Å². The second-order valence-corrected chi connectivity index (χ2v) is 35.7. The van der Waals surface area contributed by atoms with Gasteiger partial charge in [-0.05, 0) is 223 Å². The van der Waals surface area contributed by atoms with E-state index in [9.17, 15) is 47.5 Å². The summed E-state index contributed by atoms with van der Waals surface area (Å²) in [5, 5.41) is 17.6.